The predicted molar refractivity (Wildman–Crippen MR) is 86.4 cm³/mol. The largest absolute Gasteiger partial charge is 0.341 e. The second-order valence-electron chi connectivity index (χ2n) is 4.61. The van der Waals surface area contributed by atoms with Gasteiger partial charge in [0.15, 0.2) is 0 Å². The molecule has 0 spiro atoms. The predicted octanol–water partition coefficient (Wildman–Crippen LogP) is 2.43. The molecule has 22 heavy (non-hydrogen) atoms. The van der Waals surface area contributed by atoms with Crippen molar-refractivity contribution in [3.05, 3.63) is 65.7 Å². The summed E-state index contributed by atoms with van der Waals surface area (Å²) in [5.41, 5.74) is 1.98. The zero-order valence-electron chi connectivity index (χ0n) is 12.2. The molecule has 4 nitrogen and oxygen atoms in total. The van der Waals surface area contributed by atoms with Crippen LogP contribution in [-0.4, -0.2) is 18.4 Å². The normalized spacial score (nSPS) is 9.32. The van der Waals surface area contributed by atoms with E-state index in [-0.39, 0.29) is 18.4 Å². The lowest BCUT2D eigenvalue weighted by Crippen LogP contribution is -2.23. The van der Waals surface area contributed by atoms with Gasteiger partial charge in [-0.1, -0.05) is 36.1 Å². The third kappa shape index (κ3) is 4.80. The Bertz CT molecular complexity index is 727. The Morgan fingerprint density at radius 3 is 2.55 bits per heavy atom. The van der Waals surface area contributed by atoms with Gasteiger partial charge in [-0.3, -0.25) is 9.59 Å². The van der Waals surface area contributed by atoms with Gasteiger partial charge < -0.3 is 10.6 Å². The average Bonchev–Trinajstić information content (AvgIpc) is 2.52. The highest BCUT2D eigenvalue weighted by atomic mass is 16.2. The number of nitrogens with one attached hydrogen (secondary N) is 2. The Labute approximate surface area is 129 Å². The van der Waals surface area contributed by atoms with Crippen molar-refractivity contribution in [3.63, 3.8) is 0 Å². The number of amides is 2. The molecule has 0 saturated carbocycles. The minimum atomic E-state index is -0.227. The van der Waals surface area contributed by atoms with Crippen LogP contribution < -0.4 is 10.6 Å². The highest BCUT2D eigenvalue weighted by Crippen LogP contribution is 2.10. The summed E-state index contributed by atoms with van der Waals surface area (Å²) < 4.78 is 0. The average molecular weight is 292 g/mol. The van der Waals surface area contributed by atoms with E-state index in [1.807, 2.05) is 30.3 Å². The summed E-state index contributed by atoms with van der Waals surface area (Å²) in [5.74, 6) is 5.46. The molecule has 2 N–H and O–H groups in total. The molecule has 4 heteroatoms. The summed E-state index contributed by atoms with van der Waals surface area (Å²) in [6.07, 6.45) is 0. The van der Waals surface area contributed by atoms with Gasteiger partial charge in [0.05, 0.1) is 6.54 Å². The van der Waals surface area contributed by atoms with Crippen molar-refractivity contribution in [2.75, 3.05) is 11.9 Å². The third-order valence-corrected chi connectivity index (χ3v) is 2.79. The van der Waals surface area contributed by atoms with Gasteiger partial charge >= 0.3 is 0 Å². The lowest BCUT2D eigenvalue weighted by Gasteiger charge is -2.05. The van der Waals surface area contributed by atoms with Crippen LogP contribution in [-0.2, 0) is 4.79 Å². The first-order chi connectivity index (χ1) is 10.6. The van der Waals surface area contributed by atoms with Gasteiger partial charge in [0.1, 0.15) is 0 Å². The Balaban J connectivity index is 1.93. The molecule has 0 aliphatic rings. The van der Waals surface area contributed by atoms with Gasteiger partial charge in [-0.15, -0.1) is 0 Å². The molecule has 0 bridgehead atoms. The van der Waals surface area contributed by atoms with Crippen LogP contribution in [0.15, 0.2) is 54.6 Å². The second kappa shape index (κ2) is 7.65. The SMILES string of the molecule is CC(=O)Nc1cccc(C(=O)NCC#Cc2ccccc2)c1. The van der Waals surface area contributed by atoms with Crippen molar-refractivity contribution in [3.8, 4) is 11.8 Å². The van der Waals surface area contributed by atoms with Crippen LogP contribution in [0.3, 0.4) is 0 Å². The molecule has 0 atom stereocenters. The van der Waals surface area contributed by atoms with Crippen LogP contribution in [0.4, 0.5) is 5.69 Å². The van der Waals surface area contributed by atoms with Crippen molar-refractivity contribution < 1.29 is 9.59 Å². The summed E-state index contributed by atoms with van der Waals surface area (Å²) in [6, 6.07) is 16.3. The van der Waals surface area contributed by atoms with E-state index in [0.717, 1.165) is 5.56 Å². The van der Waals surface area contributed by atoms with Crippen LogP contribution in [0.25, 0.3) is 0 Å². The maximum atomic E-state index is 12.0. The van der Waals surface area contributed by atoms with E-state index >= 15 is 0 Å². The minimum absolute atomic E-state index is 0.175. The number of anilines is 1. The Morgan fingerprint density at radius 2 is 1.82 bits per heavy atom. The summed E-state index contributed by atoms with van der Waals surface area (Å²) in [4.78, 5) is 23.0. The van der Waals surface area contributed by atoms with Crippen LogP contribution >= 0.6 is 0 Å². The van der Waals surface area contributed by atoms with Gasteiger partial charge in [-0.25, -0.2) is 0 Å². The maximum Gasteiger partial charge on any atom is 0.252 e. The van der Waals surface area contributed by atoms with Gasteiger partial charge in [0.2, 0.25) is 5.91 Å². The monoisotopic (exact) mass is 292 g/mol. The highest BCUT2D eigenvalue weighted by molar-refractivity contribution is 5.96. The van der Waals surface area contributed by atoms with E-state index in [0.29, 0.717) is 11.3 Å². The van der Waals surface area contributed by atoms with Crippen LogP contribution in [0.1, 0.15) is 22.8 Å². The van der Waals surface area contributed by atoms with Crippen molar-refractivity contribution in [1.82, 2.24) is 5.32 Å². The molecule has 0 fully saturated rings. The topological polar surface area (TPSA) is 58.2 Å². The molecule has 0 aliphatic heterocycles. The number of benzene rings is 2. The van der Waals surface area contributed by atoms with Crippen molar-refractivity contribution >= 4 is 17.5 Å². The Hall–Kier alpha value is -3.06. The van der Waals surface area contributed by atoms with E-state index in [1.165, 1.54) is 6.92 Å². The van der Waals surface area contributed by atoms with Crippen molar-refractivity contribution in [1.29, 1.82) is 0 Å². The number of carbonyl (C=O) groups excluding carboxylic acids is 2. The van der Waals surface area contributed by atoms with E-state index in [9.17, 15) is 9.59 Å². The lowest BCUT2D eigenvalue weighted by molar-refractivity contribution is -0.114. The zero-order valence-corrected chi connectivity index (χ0v) is 12.2. The molecule has 2 aromatic carbocycles. The van der Waals surface area contributed by atoms with Crippen LogP contribution in [0, 0.1) is 11.8 Å². The first-order valence-corrected chi connectivity index (χ1v) is 6.85. The van der Waals surface area contributed by atoms with E-state index in [2.05, 4.69) is 22.5 Å². The molecule has 110 valence electrons. The minimum Gasteiger partial charge on any atom is -0.341 e. The van der Waals surface area contributed by atoms with Gasteiger partial charge in [0, 0.05) is 23.7 Å². The first-order valence-electron chi connectivity index (χ1n) is 6.85. The first kappa shape index (κ1) is 15.3. The summed E-state index contributed by atoms with van der Waals surface area (Å²) in [5, 5.41) is 5.37. The molecule has 0 unspecified atom stereocenters. The molecule has 2 aromatic rings. The smallest absolute Gasteiger partial charge is 0.252 e. The van der Waals surface area contributed by atoms with E-state index in [4.69, 9.17) is 0 Å². The second-order valence-corrected chi connectivity index (χ2v) is 4.61. The molecular formula is C18H16N2O2. The van der Waals surface area contributed by atoms with Crippen molar-refractivity contribution in [2.24, 2.45) is 0 Å². The molecule has 2 rings (SSSR count). The Morgan fingerprint density at radius 1 is 1.05 bits per heavy atom. The quantitative estimate of drug-likeness (QED) is 0.854. The fourth-order valence-corrected chi connectivity index (χ4v) is 1.84. The number of hydrogen-bond donors (Lipinski definition) is 2. The highest BCUT2D eigenvalue weighted by Gasteiger charge is 2.05. The fourth-order valence-electron chi connectivity index (χ4n) is 1.84. The van der Waals surface area contributed by atoms with Gasteiger partial charge in [-0.05, 0) is 30.3 Å². The molecule has 0 saturated heterocycles. The molecule has 0 radical (unpaired) electrons. The lowest BCUT2D eigenvalue weighted by atomic mass is 10.2. The molecule has 0 aromatic heterocycles. The van der Waals surface area contributed by atoms with Gasteiger partial charge in [0.25, 0.3) is 5.91 Å². The van der Waals surface area contributed by atoms with E-state index in [1.54, 1.807) is 24.3 Å². The number of hydrogen-bond acceptors (Lipinski definition) is 2. The molecule has 0 heterocycles. The van der Waals surface area contributed by atoms with Gasteiger partial charge in [-0.2, -0.15) is 0 Å². The summed E-state index contributed by atoms with van der Waals surface area (Å²) >= 11 is 0. The molecule has 2 amide bonds. The molecular weight excluding hydrogens is 276 g/mol. The Kier molecular flexibility index (Phi) is 5.33. The standard InChI is InChI=1S/C18H16N2O2/c1-14(21)20-17-11-5-10-16(13-17)18(22)19-12-6-9-15-7-3-2-4-8-15/h2-5,7-8,10-11,13H,12H2,1H3,(H,19,22)(H,20,21). The maximum absolute atomic E-state index is 12.0. The summed E-state index contributed by atoms with van der Waals surface area (Å²) in [6.45, 7) is 1.68. The third-order valence-electron chi connectivity index (χ3n) is 2.79. The fraction of sp³-hybridized carbons (Fsp3) is 0.111. The van der Waals surface area contributed by atoms with Crippen LogP contribution in [0.5, 0.6) is 0 Å². The van der Waals surface area contributed by atoms with E-state index < -0.39 is 0 Å². The molecule has 0 aliphatic carbocycles. The van der Waals surface area contributed by atoms with Crippen molar-refractivity contribution in [2.45, 2.75) is 6.92 Å². The van der Waals surface area contributed by atoms with Crippen LogP contribution in [0.2, 0.25) is 0 Å². The summed E-state index contributed by atoms with van der Waals surface area (Å²) in [7, 11) is 0. The zero-order chi connectivity index (χ0) is 15.8. The number of carbonyl (C=O) groups is 2. The number of rotatable bonds is 3.